The minimum Gasteiger partial charge on any atom is -0.204 e. The summed E-state index contributed by atoms with van der Waals surface area (Å²) in [6.45, 7) is 0. The first kappa shape index (κ1) is 6.92. The largest absolute Gasteiger partial charge is 0.204 e. The van der Waals surface area contributed by atoms with Gasteiger partial charge in [0.05, 0.1) is 3.57 Å². The van der Waals surface area contributed by atoms with Gasteiger partial charge in [-0.1, -0.05) is 6.07 Å². The Morgan fingerprint density at radius 3 is 2.56 bits per heavy atom. The van der Waals surface area contributed by atoms with Gasteiger partial charge in [0.2, 0.25) is 0 Å². The normalized spacial score (nSPS) is 9.67. The van der Waals surface area contributed by atoms with Crippen molar-refractivity contribution in [1.82, 2.24) is 0 Å². The predicted molar refractivity (Wildman–Crippen MR) is 37.9 cm³/mol. The summed E-state index contributed by atoms with van der Waals surface area (Å²) >= 11 is 1.68. The van der Waals surface area contributed by atoms with E-state index in [1.54, 1.807) is 22.6 Å². The molecule has 47 valence electrons. The maximum absolute atomic E-state index is 12.3. The number of hydrogen-bond acceptors (Lipinski definition) is 0. The van der Waals surface area contributed by atoms with Crippen molar-refractivity contribution >= 4 is 22.6 Å². The molecule has 0 nitrogen and oxygen atoms in total. The zero-order chi connectivity index (χ0) is 6.85. The molecule has 1 rings (SSSR count). The molecule has 1 aromatic carbocycles. The van der Waals surface area contributed by atoms with E-state index in [0.29, 0.717) is 0 Å². The maximum Gasteiger partial charge on any atom is 0.172 e. The van der Waals surface area contributed by atoms with E-state index in [1.165, 1.54) is 6.07 Å². The highest BCUT2D eigenvalue weighted by atomic mass is 127. The maximum atomic E-state index is 12.3. The molecule has 3 heteroatoms. The summed E-state index contributed by atoms with van der Waals surface area (Å²) in [7, 11) is 0. The molecule has 0 bridgehead atoms. The third-order valence-corrected chi connectivity index (χ3v) is 1.63. The number of hydrogen-bond donors (Lipinski definition) is 0. The first-order valence-electron chi connectivity index (χ1n) is 2.23. The smallest absolute Gasteiger partial charge is 0.172 e. The molecule has 0 heterocycles. The van der Waals surface area contributed by atoms with Gasteiger partial charge >= 0.3 is 0 Å². The van der Waals surface area contributed by atoms with Gasteiger partial charge in [-0.05, 0) is 34.7 Å². The van der Waals surface area contributed by atoms with Crippen molar-refractivity contribution in [2.45, 2.75) is 0 Å². The van der Waals surface area contributed by atoms with Gasteiger partial charge in [-0.25, -0.2) is 8.78 Å². The van der Waals surface area contributed by atoms with Gasteiger partial charge in [0.25, 0.3) is 0 Å². The average Bonchev–Trinajstić information content (AvgIpc) is 1.83. The molecule has 0 amide bonds. The zero-order valence-electron chi connectivity index (χ0n) is 4.29. The van der Waals surface area contributed by atoms with E-state index >= 15 is 0 Å². The molecule has 9 heavy (non-hydrogen) atoms. The van der Waals surface area contributed by atoms with E-state index < -0.39 is 11.6 Å². The Morgan fingerprint density at radius 2 is 2.11 bits per heavy atom. The van der Waals surface area contributed by atoms with Crippen LogP contribution in [0.5, 0.6) is 0 Å². The lowest BCUT2D eigenvalue weighted by atomic mass is 10.3. The highest BCUT2D eigenvalue weighted by molar-refractivity contribution is 14.1. The zero-order valence-corrected chi connectivity index (χ0v) is 6.45. The Kier molecular flexibility index (Phi) is 2.00. The lowest BCUT2D eigenvalue weighted by Gasteiger charge is -1.91. The van der Waals surface area contributed by atoms with E-state index in [9.17, 15) is 8.78 Å². The fraction of sp³-hybridized carbons (Fsp3) is 0. The summed E-state index contributed by atoms with van der Waals surface area (Å²) < 4.78 is 24.7. The van der Waals surface area contributed by atoms with Gasteiger partial charge in [-0.2, -0.15) is 0 Å². The van der Waals surface area contributed by atoms with Crippen LogP contribution in [0.4, 0.5) is 8.78 Å². The molecule has 1 radical (unpaired) electrons. The van der Waals surface area contributed by atoms with Gasteiger partial charge in [0.1, 0.15) is 0 Å². The first-order chi connectivity index (χ1) is 4.22. The molecule has 0 spiro atoms. The van der Waals surface area contributed by atoms with Crippen LogP contribution in [-0.2, 0) is 0 Å². The van der Waals surface area contributed by atoms with Crippen molar-refractivity contribution in [3.05, 3.63) is 33.4 Å². The average molecular weight is 239 g/mol. The third-order valence-electron chi connectivity index (χ3n) is 0.842. The molecular formula is C6H2F2I. The molecule has 0 aliphatic rings. The SMILES string of the molecule is Fc1cc[c]c(I)c1F. The standard InChI is InChI=1S/C6H2F2I/c7-4-2-1-3-5(9)6(4)8/h1-2H. The van der Waals surface area contributed by atoms with Gasteiger partial charge < -0.3 is 0 Å². The fourth-order valence-corrected chi connectivity index (χ4v) is 0.867. The second-order valence-corrected chi connectivity index (χ2v) is 2.53. The molecule has 0 N–H and O–H groups in total. The Labute approximate surface area is 65.0 Å². The van der Waals surface area contributed by atoms with E-state index in [4.69, 9.17) is 0 Å². The lowest BCUT2D eigenvalue weighted by molar-refractivity contribution is 0.503. The first-order valence-corrected chi connectivity index (χ1v) is 3.31. The summed E-state index contributed by atoms with van der Waals surface area (Å²) in [6.07, 6.45) is 0. The minimum atomic E-state index is -0.821. The van der Waals surface area contributed by atoms with Gasteiger partial charge in [-0.3, -0.25) is 0 Å². The predicted octanol–water partition coefficient (Wildman–Crippen LogP) is 2.37. The van der Waals surface area contributed by atoms with Crippen molar-refractivity contribution in [1.29, 1.82) is 0 Å². The van der Waals surface area contributed by atoms with Crippen LogP contribution < -0.4 is 0 Å². The van der Waals surface area contributed by atoms with Crippen molar-refractivity contribution in [2.24, 2.45) is 0 Å². The Morgan fingerprint density at radius 1 is 1.44 bits per heavy atom. The molecule has 0 saturated heterocycles. The van der Waals surface area contributed by atoms with Crippen LogP contribution in [0.3, 0.4) is 0 Å². The quantitative estimate of drug-likeness (QED) is 0.481. The Hall–Kier alpha value is -0.190. The molecular weight excluding hydrogens is 237 g/mol. The van der Waals surface area contributed by atoms with E-state index in [-0.39, 0.29) is 3.57 Å². The van der Waals surface area contributed by atoms with Crippen LogP contribution in [0.15, 0.2) is 12.1 Å². The molecule has 0 aromatic heterocycles. The van der Waals surface area contributed by atoms with Crippen LogP contribution >= 0.6 is 22.6 Å². The molecule has 0 fully saturated rings. The van der Waals surface area contributed by atoms with Crippen LogP contribution in [0.1, 0.15) is 0 Å². The van der Waals surface area contributed by atoms with Crippen LogP contribution in [0.2, 0.25) is 0 Å². The van der Waals surface area contributed by atoms with Crippen LogP contribution in [0.25, 0.3) is 0 Å². The van der Waals surface area contributed by atoms with E-state index in [0.717, 1.165) is 6.07 Å². The monoisotopic (exact) mass is 239 g/mol. The fourth-order valence-electron chi connectivity index (χ4n) is 0.429. The molecule has 0 aliphatic carbocycles. The molecule has 0 unspecified atom stereocenters. The van der Waals surface area contributed by atoms with Crippen molar-refractivity contribution < 1.29 is 8.78 Å². The molecule has 0 atom stereocenters. The molecule has 0 aliphatic heterocycles. The van der Waals surface area contributed by atoms with E-state index in [1.807, 2.05) is 0 Å². The Bertz CT molecular complexity index is 202. The highest BCUT2D eigenvalue weighted by Gasteiger charge is 2.02. The summed E-state index contributed by atoms with van der Waals surface area (Å²) in [6, 6.07) is 4.90. The minimum absolute atomic E-state index is 0.188. The summed E-state index contributed by atoms with van der Waals surface area (Å²) in [5.74, 6) is -1.64. The van der Waals surface area contributed by atoms with E-state index in [2.05, 4.69) is 6.07 Å². The topological polar surface area (TPSA) is 0 Å². The number of halogens is 3. The summed E-state index contributed by atoms with van der Waals surface area (Å²) in [5.41, 5.74) is 0. The third kappa shape index (κ3) is 1.38. The van der Waals surface area contributed by atoms with Gasteiger partial charge in [-0.15, -0.1) is 0 Å². The number of rotatable bonds is 0. The second-order valence-electron chi connectivity index (χ2n) is 1.45. The lowest BCUT2D eigenvalue weighted by Crippen LogP contribution is -1.85. The summed E-state index contributed by atoms with van der Waals surface area (Å²) in [4.78, 5) is 0. The van der Waals surface area contributed by atoms with Crippen molar-refractivity contribution in [3.8, 4) is 0 Å². The molecule has 1 aromatic rings. The second kappa shape index (κ2) is 2.60. The van der Waals surface area contributed by atoms with Gasteiger partial charge in [0.15, 0.2) is 11.6 Å². The number of benzene rings is 1. The van der Waals surface area contributed by atoms with Crippen LogP contribution in [-0.4, -0.2) is 0 Å². The van der Waals surface area contributed by atoms with Gasteiger partial charge in [0, 0.05) is 0 Å². The van der Waals surface area contributed by atoms with Crippen LogP contribution in [0, 0.1) is 21.3 Å². The molecule has 0 saturated carbocycles. The summed E-state index contributed by atoms with van der Waals surface area (Å²) in [5, 5.41) is 0. The Balaban J connectivity index is 3.25. The van der Waals surface area contributed by atoms with Crippen molar-refractivity contribution in [3.63, 3.8) is 0 Å². The van der Waals surface area contributed by atoms with Crippen molar-refractivity contribution in [2.75, 3.05) is 0 Å². The highest BCUT2D eigenvalue weighted by Crippen LogP contribution is 2.11.